The molecule has 3 heterocycles. The van der Waals surface area contributed by atoms with Crippen LogP contribution in [0.3, 0.4) is 0 Å². The summed E-state index contributed by atoms with van der Waals surface area (Å²) in [6.45, 7) is 0.423. The molecule has 0 bridgehead atoms. The van der Waals surface area contributed by atoms with Crippen LogP contribution in [0.25, 0.3) is 0 Å². The number of alkyl halides is 3. The van der Waals surface area contributed by atoms with E-state index in [0.29, 0.717) is 0 Å². The van der Waals surface area contributed by atoms with Crippen LogP contribution in [0.1, 0.15) is 11.6 Å². The highest BCUT2D eigenvalue weighted by Crippen LogP contribution is 2.29. The SMILES string of the molecule is Fc1cnc(N2CCn3c(nnc3C(F)(F)F)C2)nc1. The van der Waals surface area contributed by atoms with Crippen LogP contribution in [-0.4, -0.2) is 31.3 Å². The van der Waals surface area contributed by atoms with Crippen LogP contribution in [0.5, 0.6) is 0 Å². The second kappa shape index (κ2) is 4.39. The topological polar surface area (TPSA) is 59.7 Å². The van der Waals surface area contributed by atoms with Crippen LogP contribution < -0.4 is 4.90 Å². The van der Waals surface area contributed by atoms with Gasteiger partial charge in [-0.15, -0.1) is 10.2 Å². The first-order valence-corrected chi connectivity index (χ1v) is 5.67. The van der Waals surface area contributed by atoms with Crippen molar-refractivity contribution >= 4 is 5.95 Å². The Morgan fingerprint density at radius 3 is 2.40 bits per heavy atom. The zero-order valence-electron chi connectivity index (χ0n) is 9.97. The summed E-state index contributed by atoms with van der Waals surface area (Å²) in [5, 5.41) is 6.71. The Bertz CT molecular complexity index is 620. The number of fused-ring (bicyclic) bond motifs is 1. The van der Waals surface area contributed by atoms with Gasteiger partial charge in [-0.25, -0.2) is 14.4 Å². The predicted molar refractivity (Wildman–Crippen MR) is 58.1 cm³/mol. The smallest absolute Gasteiger partial charge is 0.331 e. The third-order valence-corrected chi connectivity index (χ3v) is 2.90. The lowest BCUT2D eigenvalue weighted by atomic mass is 10.3. The molecule has 2 aromatic heterocycles. The van der Waals surface area contributed by atoms with Crippen LogP contribution in [0.4, 0.5) is 23.5 Å². The van der Waals surface area contributed by atoms with Crippen LogP contribution in [0, 0.1) is 5.82 Å². The summed E-state index contributed by atoms with van der Waals surface area (Å²) >= 11 is 0. The third-order valence-electron chi connectivity index (χ3n) is 2.90. The summed E-state index contributed by atoms with van der Waals surface area (Å²) in [5.41, 5.74) is 0. The molecule has 0 aliphatic carbocycles. The van der Waals surface area contributed by atoms with Crippen molar-refractivity contribution in [2.45, 2.75) is 19.3 Å². The largest absolute Gasteiger partial charge is 0.451 e. The van der Waals surface area contributed by atoms with Gasteiger partial charge in [0.2, 0.25) is 11.8 Å². The summed E-state index contributed by atoms with van der Waals surface area (Å²) in [7, 11) is 0. The van der Waals surface area contributed by atoms with E-state index in [4.69, 9.17) is 0 Å². The standard InChI is InChI=1S/C10H8F4N6/c11-6-3-15-9(16-4-6)19-1-2-20-7(5-19)17-18-8(20)10(12,13)14/h3-4H,1-2,5H2. The molecular weight excluding hydrogens is 280 g/mol. The van der Waals surface area contributed by atoms with Gasteiger partial charge in [-0.2, -0.15) is 13.2 Å². The maximum absolute atomic E-state index is 12.7. The molecule has 1 aliphatic rings. The van der Waals surface area contributed by atoms with Gasteiger partial charge in [0.1, 0.15) is 0 Å². The van der Waals surface area contributed by atoms with E-state index in [9.17, 15) is 17.6 Å². The molecule has 1 aliphatic heterocycles. The Labute approximate surface area is 110 Å². The van der Waals surface area contributed by atoms with E-state index >= 15 is 0 Å². The summed E-state index contributed by atoms with van der Waals surface area (Å²) in [6.07, 6.45) is -2.52. The fourth-order valence-electron chi connectivity index (χ4n) is 2.01. The van der Waals surface area contributed by atoms with Gasteiger partial charge < -0.3 is 9.47 Å². The van der Waals surface area contributed by atoms with Gasteiger partial charge in [0.05, 0.1) is 18.9 Å². The van der Waals surface area contributed by atoms with E-state index in [2.05, 4.69) is 20.2 Å². The Morgan fingerprint density at radius 2 is 1.75 bits per heavy atom. The number of aromatic nitrogens is 5. The number of hydrogen-bond acceptors (Lipinski definition) is 5. The minimum absolute atomic E-state index is 0.0674. The van der Waals surface area contributed by atoms with Gasteiger partial charge >= 0.3 is 6.18 Å². The van der Waals surface area contributed by atoms with Gasteiger partial charge in [-0.1, -0.05) is 0 Å². The van der Waals surface area contributed by atoms with Crippen molar-refractivity contribution in [1.29, 1.82) is 0 Å². The van der Waals surface area contributed by atoms with E-state index in [1.165, 1.54) is 0 Å². The Hall–Kier alpha value is -2.26. The van der Waals surface area contributed by atoms with Crippen LogP contribution >= 0.6 is 0 Å². The van der Waals surface area contributed by atoms with Crippen molar-refractivity contribution < 1.29 is 17.6 Å². The second-order valence-electron chi connectivity index (χ2n) is 4.21. The lowest BCUT2D eigenvalue weighted by Crippen LogP contribution is -2.36. The maximum Gasteiger partial charge on any atom is 0.451 e. The lowest BCUT2D eigenvalue weighted by molar-refractivity contribution is -0.147. The Balaban J connectivity index is 1.86. The molecule has 106 valence electrons. The zero-order chi connectivity index (χ0) is 14.3. The van der Waals surface area contributed by atoms with Crippen molar-refractivity contribution in [1.82, 2.24) is 24.7 Å². The molecule has 0 fully saturated rings. The van der Waals surface area contributed by atoms with E-state index < -0.39 is 17.8 Å². The summed E-state index contributed by atoms with van der Waals surface area (Å²) < 4.78 is 51.8. The average molecular weight is 288 g/mol. The van der Waals surface area contributed by atoms with E-state index in [0.717, 1.165) is 17.0 Å². The number of anilines is 1. The molecule has 0 unspecified atom stereocenters. The minimum Gasteiger partial charge on any atom is -0.331 e. The first-order valence-electron chi connectivity index (χ1n) is 5.67. The molecule has 0 atom stereocenters. The van der Waals surface area contributed by atoms with Crippen molar-refractivity contribution in [3.63, 3.8) is 0 Å². The maximum atomic E-state index is 12.7. The first kappa shape index (κ1) is 12.8. The molecule has 2 aromatic rings. The monoisotopic (exact) mass is 288 g/mol. The first-order chi connectivity index (χ1) is 9.45. The molecule has 6 nitrogen and oxygen atoms in total. The Kier molecular flexibility index (Phi) is 2.80. The molecule has 10 heteroatoms. The molecule has 0 amide bonds. The van der Waals surface area contributed by atoms with Crippen LogP contribution in [0.15, 0.2) is 12.4 Å². The van der Waals surface area contributed by atoms with E-state index in [1.54, 1.807) is 4.90 Å². The highest BCUT2D eigenvalue weighted by atomic mass is 19.4. The van der Waals surface area contributed by atoms with Gasteiger partial charge in [0, 0.05) is 13.1 Å². The third kappa shape index (κ3) is 2.17. The lowest BCUT2D eigenvalue weighted by Gasteiger charge is -2.27. The molecule has 0 spiro atoms. The molecule has 0 radical (unpaired) electrons. The highest BCUT2D eigenvalue weighted by molar-refractivity contribution is 5.30. The van der Waals surface area contributed by atoms with Crippen molar-refractivity contribution in [2.75, 3.05) is 11.4 Å². The van der Waals surface area contributed by atoms with Crippen LogP contribution in [-0.2, 0) is 19.3 Å². The number of rotatable bonds is 1. The Morgan fingerprint density at radius 1 is 1.05 bits per heavy atom. The number of halogens is 4. The van der Waals surface area contributed by atoms with Gasteiger partial charge in [-0.05, 0) is 0 Å². The summed E-state index contributed by atoms with van der Waals surface area (Å²) in [4.78, 5) is 9.20. The number of nitrogens with zero attached hydrogens (tertiary/aromatic N) is 6. The van der Waals surface area contributed by atoms with Gasteiger partial charge in [0.25, 0.3) is 0 Å². The average Bonchev–Trinajstić information content (AvgIpc) is 2.82. The summed E-state index contributed by atoms with van der Waals surface area (Å²) in [5.74, 6) is -1.16. The molecule has 20 heavy (non-hydrogen) atoms. The molecule has 3 rings (SSSR count). The molecular formula is C10H8F4N6. The molecule has 0 N–H and O–H groups in total. The second-order valence-corrected chi connectivity index (χ2v) is 4.21. The van der Waals surface area contributed by atoms with Crippen LogP contribution in [0.2, 0.25) is 0 Å². The minimum atomic E-state index is -4.53. The quantitative estimate of drug-likeness (QED) is 0.739. The van der Waals surface area contributed by atoms with Gasteiger partial charge in [-0.3, -0.25) is 0 Å². The normalized spacial score (nSPS) is 15.3. The van der Waals surface area contributed by atoms with Crippen molar-refractivity contribution in [3.8, 4) is 0 Å². The molecule has 0 aromatic carbocycles. The van der Waals surface area contributed by atoms with Crippen molar-refractivity contribution in [2.24, 2.45) is 0 Å². The summed E-state index contributed by atoms with van der Waals surface area (Å²) in [6, 6.07) is 0. The van der Waals surface area contributed by atoms with E-state index in [1.807, 2.05) is 0 Å². The fraction of sp³-hybridized carbons (Fsp3) is 0.400. The number of hydrogen-bond donors (Lipinski definition) is 0. The fourth-order valence-corrected chi connectivity index (χ4v) is 2.01. The zero-order valence-corrected chi connectivity index (χ0v) is 9.97. The highest BCUT2D eigenvalue weighted by Gasteiger charge is 2.39. The molecule has 0 saturated carbocycles. The molecule has 0 saturated heterocycles. The predicted octanol–water partition coefficient (Wildman–Crippen LogP) is 1.25. The van der Waals surface area contributed by atoms with E-state index in [-0.39, 0.29) is 31.4 Å². The van der Waals surface area contributed by atoms with Gasteiger partial charge in [0.15, 0.2) is 11.6 Å². The van der Waals surface area contributed by atoms with Crippen molar-refractivity contribution in [3.05, 3.63) is 29.9 Å².